The first-order valence-corrected chi connectivity index (χ1v) is 14.7. The van der Waals surface area contributed by atoms with E-state index in [1.165, 1.54) is 5.56 Å². The van der Waals surface area contributed by atoms with Gasteiger partial charge in [-0.3, -0.25) is 9.59 Å². The monoisotopic (exact) mass is 574 g/mol. The van der Waals surface area contributed by atoms with Crippen molar-refractivity contribution < 1.29 is 9.59 Å². The number of hydrogen-bond acceptors (Lipinski definition) is 2. The molecule has 38 heavy (non-hydrogen) atoms. The summed E-state index contributed by atoms with van der Waals surface area (Å²) in [6, 6.07) is 26.2. The van der Waals surface area contributed by atoms with E-state index in [9.17, 15) is 9.59 Å². The van der Waals surface area contributed by atoms with E-state index >= 15 is 0 Å². The average molecular weight is 576 g/mol. The quantitative estimate of drug-likeness (QED) is 0.263. The number of rotatable bonds is 11. The molecule has 1 saturated carbocycles. The topological polar surface area (TPSA) is 49.4 Å². The minimum atomic E-state index is -0.576. The van der Waals surface area contributed by atoms with E-state index in [0.717, 1.165) is 46.8 Å². The Bertz CT molecular complexity index is 1190. The van der Waals surface area contributed by atoms with Gasteiger partial charge in [0.1, 0.15) is 6.04 Å². The van der Waals surface area contributed by atoms with Crippen LogP contribution in [-0.2, 0) is 29.0 Å². The fourth-order valence-electron chi connectivity index (χ4n) is 5.22. The molecule has 200 valence electrons. The molecule has 0 spiro atoms. The van der Waals surface area contributed by atoms with Crippen molar-refractivity contribution in [3.05, 3.63) is 106 Å². The van der Waals surface area contributed by atoms with E-state index in [1.54, 1.807) is 0 Å². The van der Waals surface area contributed by atoms with Gasteiger partial charge in [0.15, 0.2) is 0 Å². The largest absolute Gasteiger partial charge is 0.352 e. The Morgan fingerprint density at radius 1 is 0.895 bits per heavy atom. The van der Waals surface area contributed by atoms with Gasteiger partial charge in [-0.25, -0.2) is 0 Å². The van der Waals surface area contributed by atoms with Gasteiger partial charge in [-0.15, -0.1) is 0 Å². The third kappa shape index (κ3) is 8.04. The molecular weight excluding hydrogens is 536 g/mol. The lowest BCUT2D eigenvalue weighted by Crippen LogP contribution is -2.52. The Morgan fingerprint density at radius 2 is 1.58 bits per heavy atom. The summed E-state index contributed by atoms with van der Waals surface area (Å²) in [5.41, 5.74) is 4.49. The standard InChI is InChI=1S/C33H39BrN2O2/c1-24(2)28-18-15-25(16-19-28)17-20-32(37)36(23-27-11-8-12-29(34)21-27)31(22-26-9-4-3-5-10-26)33(38)35-30-13-6-7-14-30/h3-5,8-12,15-16,18-19,21,24,30-31H,6-7,13-14,17,20,22-23H2,1-2H3,(H,35,38)/t31-/m0/s1. The molecule has 3 aromatic carbocycles. The summed E-state index contributed by atoms with van der Waals surface area (Å²) in [6.45, 7) is 4.75. The van der Waals surface area contributed by atoms with Gasteiger partial charge in [0.05, 0.1) is 0 Å². The van der Waals surface area contributed by atoms with Crippen LogP contribution in [0.25, 0.3) is 0 Å². The summed E-state index contributed by atoms with van der Waals surface area (Å²) in [5.74, 6) is 0.425. The van der Waals surface area contributed by atoms with Crippen LogP contribution in [0.15, 0.2) is 83.3 Å². The first-order valence-electron chi connectivity index (χ1n) is 13.9. The fraction of sp³-hybridized carbons (Fsp3) is 0.394. The van der Waals surface area contributed by atoms with Crippen molar-refractivity contribution in [2.24, 2.45) is 0 Å². The Balaban J connectivity index is 1.59. The van der Waals surface area contributed by atoms with E-state index in [1.807, 2.05) is 59.5 Å². The molecule has 1 aliphatic rings. The Labute approximate surface area is 236 Å². The van der Waals surface area contributed by atoms with Crippen molar-refractivity contribution in [1.29, 1.82) is 0 Å². The highest BCUT2D eigenvalue weighted by Gasteiger charge is 2.32. The van der Waals surface area contributed by atoms with Crippen molar-refractivity contribution in [2.75, 3.05) is 0 Å². The number of benzene rings is 3. The van der Waals surface area contributed by atoms with E-state index in [0.29, 0.717) is 31.7 Å². The lowest BCUT2D eigenvalue weighted by molar-refractivity contribution is -0.141. The van der Waals surface area contributed by atoms with Crippen molar-refractivity contribution >= 4 is 27.7 Å². The van der Waals surface area contributed by atoms with Crippen LogP contribution in [0.4, 0.5) is 0 Å². The molecule has 1 atom stereocenters. The van der Waals surface area contributed by atoms with Crippen LogP contribution in [0.5, 0.6) is 0 Å². The van der Waals surface area contributed by atoms with Gasteiger partial charge in [0.25, 0.3) is 0 Å². The molecule has 0 heterocycles. The van der Waals surface area contributed by atoms with Gasteiger partial charge in [-0.05, 0) is 59.6 Å². The zero-order valence-corrected chi connectivity index (χ0v) is 24.1. The van der Waals surface area contributed by atoms with Gasteiger partial charge in [0, 0.05) is 29.9 Å². The van der Waals surface area contributed by atoms with E-state index in [2.05, 4.69) is 59.4 Å². The molecule has 0 aliphatic heterocycles. The van der Waals surface area contributed by atoms with Crippen LogP contribution in [-0.4, -0.2) is 28.8 Å². The predicted octanol–water partition coefficient (Wildman–Crippen LogP) is 7.20. The predicted molar refractivity (Wildman–Crippen MR) is 158 cm³/mol. The summed E-state index contributed by atoms with van der Waals surface area (Å²) < 4.78 is 0.961. The number of carbonyl (C=O) groups is 2. The molecule has 3 aromatic rings. The van der Waals surface area contributed by atoms with Crippen molar-refractivity contribution in [3.63, 3.8) is 0 Å². The number of hydrogen-bond donors (Lipinski definition) is 1. The summed E-state index contributed by atoms with van der Waals surface area (Å²) in [6.07, 6.45) is 5.80. The Morgan fingerprint density at radius 3 is 2.24 bits per heavy atom. The summed E-state index contributed by atoms with van der Waals surface area (Å²) in [4.78, 5) is 29.5. The molecule has 0 unspecified atom stereocenters. The maximum Gasteiger partial charge on any atom is 0.243 e. The number of carbonyl (C=O) groups excluding carboxylic acids is 2. The van der Waals surface area contributed by atoms with Crippen molar-refractivity contribution in [1.82, 2.24) is 10.2 Å². The Hall–Kier alpha value is -2.92. The molecule has 0 radical (unpaired) electrons. The van der Waals surface area contributed by atoms with Gasteiger partial charge >= 0.3 is 0 Å². The number of aryl methyl sites for hydroxylation is 1. The highest BCUT2D eigenvalue weighted by atomic mass is 79.9. The van der Waals surface area contributed by atoms with Crippen LogP contribution >= 0.6 is 15.9 Å². The lowest BCUT2D eigenvalue weighted by Gasteiger charge is -2.32. The molecule has 0 bridgehead atoms. The van der Waals surface area contributed by atoms with Crippen LogP contribution in [0.3, 0.4) is 0 Å². The highest BCUT2D eigenvalue weighted by Crippen LogP contribution is 2.22. The van der Waals surface area contributed by atoms with Crippen LogP contribution in [0, 0.1) is 0 Å². The first kappa shape index (κ1) is 28.1. The molecule has 4 nitrogen and oxygen atoms in total. The molecule has 0 saturated heterocycles. The molecule has 1 aliphatic carbocycles. The highest BCUT2D eigenvalue weighted by molar-refractivity contribution is 9.10. The average Bonchev–Trinajstić information content (AvgIpc) is 3.43. The molecule has 0 aromatic heterocycles. The fourth-order valence-corrected chi connectivity index (χ4v) is 5.66. The van der Waals surface area contributed by atoms with E-state index in [4.69, 9.17) is 0 Å². The smallest absolute Gasteiger partial charge is 0.243 e. The maximum absolute atomic E-state index is 13.9. The third-order valence-corrected chi connectivity index (χ3v) is 7.98. The third-order valence-electron chi connectivity index (χ3n) is 7.49. The second-order valence-corrected chi connectivity index (χ2v) is 11.7. The Kier molecular flexibility index (Phi) is 10.2. The van der Waals surface area contributed by atoms with Crippen molar-refractivity contribution in [3.8, 4) is 0 Å². The minimum absolute atomic E-state index is 0.000384. The first-order chi connectivity index (χ1) is 18.4. The zero-order chi connectivity index (χ0) is 26.9. The molecule has 5 heteroatoms. The van der Waals surface area contributed by atoms with Gasteiger partial charge in [-0.2, -0.15) is 0 Å². The molecule has 4 rings (SSSR count). The molecule has 1 N–H and O–H groups in total. The van der Waals surface area contributed by atoms with Gasteiger partial charge < -0.3 is 10.2 Å². The number of amides is 2. The number of nitrogens with zero attached hydrogens (tertiary/aromatic N) is 1. The SMILES string of the molecule is CC(C)c1ccc(CCC(=O)N(Cc2cccc(Br)c2)[C@@H](Cc2ccccc2)C(=O)NC2CCCC2)cc1. The second kappa shape index (κ2) is 13.7. The van der Waals surface area contributed by atoms with E-state index < -0.39 is 6.04 Å². The number of nitrogens with one attached hydrogen (secondary N) is 1. The van der Waals surface area contributed by atoms with Crippen LogP contribution in [0.1, 0.15) is 74.1 Å². The number of halogens is 1. The van der Waals surface area contributed by atoms with Crippen LogP contribution in [0.2, 0.25) is 0 Å². The summed E-state index contributed by atoms with van der Waals surface area (Å²) in [5, 5.41) is 3.28. The van der Waals surface area contributed by atoms with E-state index in [-0.39, 0.29) is 17.9 Å². The maximum atomic E-state index is 13.9. The summed E-state index contributed by atoms with van der Waals surface area (Å²) in [7, 11) is 0. The van der Waals surface area contributed by atoms with Gasteiger partial charge in [0.2, 0.25) is 11.8 Å². The zero-order valence-electron chi connectivity index (χ0n) is 22.5. The summed E-state index contributed by atoms with van der Waals surface area (Å²) >= 11 is 3.56. The second-order valence-electron chi connectivity index (χ2n) is 10.7. The van der Waals surface area contributed by atoms with Crippen LogP contribution < -0.4 is 5.32 Å². The molecule has 2 amide bonds. The normalized spacial score (nSPS) is 14.4. The lowest BCUT2D eigenvalue weighted by atomic mass is 9.99. The minimum Gasteiger partial charge on any atom is -0.352 e. The van der Waals surface area contributed by atoms with Crippen molar-refractivity contribution in [2.45, 2.75) is 83.3 Å². The molecular formula is C33H39BrN2O2. The van der Waals surface area contributed by atoms with Gasteiger partial charge in [-0.1, -0.05) is 109 Å². The molecule has 1 fully saturated rings.